The van der Waals surface area contributed by atoms with E-state index in [2.05, 4.69) is 4.98 Å². The monoisotopic (exact) mass is 276 g/mol. The highest BCUT2D eigenvalue weighted by Crippen LogP contribution is 2.13. The predicted molar refractivity (Wildman–Crippen MR) is 75.8 cm³/mol. The highest BCUT2D eigenvalue weighted by Gasteiger charge is 2.11. The second-order valence-electron chi connectivity index (χ2n) is 4.31. The van der Waals surface area contributed by atoms with Gasteiger partial charge in [0, 0.05) is 17.5 Å². The van der Waals surface area contributed by atoms with Crippen molar-refractivity contribution in [1.29, 1.82) is 0 Å². The van der Waals surface area contributed by atoms with Crippen molar-refractivity contribution in [1.82, 2.24) is 9.88 Å². The van der Waals surface area contributed by atoms with Gasteiger partial charge in [-0.15, -0.1) is 11.3 Å². The molecule has 0 atom stereocenters. The van der Waals surface area contributed by atoms with Crippen LogP contribution in [-0.4, -0.2) is 36.4 Å². The molecule has 0 saturated carbocycles. The third-order valence-electron chi connectivity index (χ3n) is 2.72. The molecule has 4 nitrogen and oxygen atoms in total. The van der Waals surface area contributed by atoms with Crippen molar-refractivity contribution >= 4 is 17.1 Å². The first-order valence-electron chi connectivity index (χ1n) is 5.92. The molecule has 0 aliphatic carbocycles. The van der Waals surface area contributed by atoms with Crippen molar-refractivity contribution in [2.24, 2.45) is 0 Å². The first-order chi connectivity index (χ1) is 9.19. The van der Waals surface area contributed by atoms with Gasteiger partial charge >= 0.3 is 0 Å². The van der Waals surface area contributed by atoms with Crippen LogP contribution in [0.4, 0.5) is 0 Å². The van der Waals surface area contributed by atoms with E-state index < -0.39 is 0 Å². The number of ether oxygens (including phenoxy) is 1. The van der Waals surface area contributed by atoms with Gasteiger partial charge in [-0.3, -0.25) is 9.69 Å². The van der Waals surface area contributed by atoms with E-state index in [1.54, 1.807) is 30.0 Å². The Bertz CT molecular complexity index is 540. The molecule has 19 heavy (non-hydrogen) atoms. The van der Waals surface area contributed by atoms with Gasteiger partial charge in [0.05, 0.1) is 24.9 Å². The molecule has 0 fully saturated rings. The summed E-state index contributed by atoms with van der Waals surface area (Å²) in [6.45, 7) is 1.05. The lowest BCUT2D eigenvalue weighted by molar-refractivity contribution is 0.0942. The molecular formula is C14H16N2O2S. The molecule has 0 aliphatic rings. The minimum absolute atomic E-state index is 0.0802. The highest BCUT2D eigenvalue weighted by molar-refractivity contribution is 7.07. The zero-order chi connectivity index (χ0) is 13.7. The zero-order valence-corrected chi connectivity index (χ0v) is 11.8. The van der Waals surface area contributed by atoms with Gasteiger partial charge in [-0.2, -0.15) is 0 Å². The van der Waals surface area contributed by atoms with Crippen LogP contribution < -0.4 is 4.74 Å². The minimum Gasteiger partial charge on any atom is -0.497 e. The summed E-state index contributed by atoms with van der Waals surface area (Å²) in [4.78, 5) is 18.3. The molecule has 5 heteroatoms. The van der Waals surface area contributed by atoms with Crippen molar-refractivity contribution in [2.75, 3.05) is 20.7 Å². The summed E-state index contributed by atoms with van der Waals surface area (Å²) < 4.78 is 5.12. The van der Waals surface area contributed by atoms with Crippen LogP contribution in [0.1, 0.15) is 16.1 Å². The summed E-state index contributed by atoms with van der Waals surface area (Å²) >= 11 is 1.56. The number of hydrogen-bond donors (Lipinski definition) is 0. The predicted octanol–water partition coefficient (Wildman–Crippen LogP) is 2.47. The molecule has 1 aromatic carbocycles. The summed E-state index contributed by atoms with van der Waals surface area (Å²) in [6.07, 6.45) is 0. The van der Waals surface area contributed by atoms with Gasteiger partial charge in [-0.25, -0.2) is 4.98 Å². The summed E-state index contributed by atoms with van der Waals surface area (Å²) in [6, 6.07) is 7.23. The summed E-state index contributed by atoms with van der Waals surface area (Å²) in [5.41, 5.74) is 3.46. The number of ketones is 1. The molecule has 2 aromatic rings. The molecule has 0 radical (unpaired) electrons. The number of benzene rings is 1. The van der Waals surface area contributed by atoms with Gasteiger partial charge in [-0.05, 0) is 19.2 Å². The maximum atomic E-state index is 12.1. The second kappa shape index (κ2) is 6.45. The first-order valence-corrected chi connectivity index (χ1v) is 6.86. The standard InChI is InChI=1S/C14H16N2O2S/c1-16(7-12-9-19-10-15-12)8-14(17)11-4-3-5-13(6-11)18-2/h3-6,9-10H,7-8H2,1-2H3. The van der Waals surface area contributed by atoms with Crippen molar-refractivity contribution < 1.29 is 9.53 Å². The Kier molecular flexibility index (Phi) is 4.65. The van der Waals surface area contributed by atoms with Gasteiger partial charge in [0.1, 0.15) is 5.75 Å². The lowest BCUT2D eigenvalue weighted by atomic mass is 10.1. The van der Waals surface area contributed by atoms with E-state index >= 15 is 0 Å². The number of aromatic nitrogens is 1. The number of nitrogens with zero attached hydrogens (tertiary/aromatic N) is 2. The number of carbonyl (C=O) groups excluding carboxylic acids is 1. The molecule has 0 bridgehead atoms. The Hall–Kier alpha value is -1.72. The van der Waals surface area contributed by atoms with E-state index in [1.165, 1.54) is 0 Å². The minimum atomic E-state index is 0.0802. The van der Waals surface area contributed by atoms with Gasteiger partial charge in [0.25, 0.3) is 0 Å². The van der Waals surface area contributed by atoms with Crippen molar-refractivity contribution in [3.05, 3.63) is 46.4 Å². The van der Waals surface area contributed by atoms with Crippen LogP contribution in [0.3, 0.4) is 0 Å². The third kappa shape index (κ3) is 3.87. The van der Waals surface area contributed by atoms with Crippen LogP contribution in [0.15, 0.2) is 35.2 Å². The maximum absolute atomic E-state index is 12.1. The largest absolute Gasteiger partial charge is 0.497 e. The highest BCUT2D eigenvalue weighted by atomic mass is 32.1. The normalized spacial score (nSPS) is 10.7. The zero-order valence-electron chi connectivity index (χ0n) is 11.0. The second-order valence-corrected chi connectivity index (χ2v) is 5.03. The lowest BCUT2D eigenvalue weighted by Gasteiger charge is -2.14. The van der Waals surface area contributed by atoms with E-state index in [0.717, 1.165) is 5.69 Å². The summed E-state index contributed by atoms with van der Waals surface area (Å²) in [5, 5.41) is 1.99. The van der Waals surface area contributed by atoms with Crippen LogP contribution in [-0.2, 0) is 6.54 Å². The number of hydrogen-bond acceptors (Lipinski definition) is 5. The summed E-state index contributed by atoms with van der Waals surface area (Å²) in [5.74, 6) is 0.782. The molecule has 0 saturated heterocycles. The van der Waals surface area contributed by atoms with Crippen molar-refractivity contribution in [2.45, 2.75) is 6.54 Å². The van der Waals surface area contributed by atoms with E-state index in [4.69, 9.17) is 4.74 Å². The molecule has 0 unspecified atom stereocenters. The number of methoxy groups -OCH3 is 1. The Morgan fingerprint density at radius 2 is 2.32 bits per heavy atom. The van der Waals surface area contributed by atoms with Crippen LogP contribution >= 0.6 is 11.3 Å². The molecule has 100 valence electrons. The lowest BCUT2D eigenvalue weighted by Crippen LogP contribution is -2.25. The number of likely N-dealkylation sites (N-methyl/N-ethyl adjacent to an activating group) is 1. The number of thiazole rings is 1. The van der Waals surface area contributed by atoms with Gasteiger partial charge in [0.15, 0.2) is 5.78 Å². The molecule has 2 rings (SSSR count). The van der Waals surface area contributed by atoms with E-state index in [9.17, 15) is 4.79 Å². The SMILES string of the molecule is COc1cccc(C(=O)CN(C)Cc2cscn2)c1. The maximum Gasteiger partial charge on any atom is 0.176 e. The molecule has 0 spiro atoms. The molecule has 0 aliphatic heterocycles. The fourth-order valence-electron chi connectivity index (χ4n) is 1.78. The number of Topliss-reactive ketones (excluding diaryl/α,β-unsaturated/α-hetero) is 1. The smallest absolute Gasteiger partial charge is 0.176 e. The van der Waals surface area contributed by atoms with Gasteiger partial charge in [-0.1, -0.05) is 12.1 Å². The van der Waals surface area contributed by atoms with Gasteiger partial charge < -0.3 is 4.74 Å². The number of rotatable bonds is 6. The van der Waals surface area contributed by atoms with Gasteiger partial charge in [0.2, 0.25) is 0 Å². The number of carbonyl (C=O) groups is 1. The topological polar surface area (TPSA) is 42.4 Å². The Balaban J connectivity index is 1.96. The van der Waals surface area contributed by atoms with E-state index in [-0.39, 0.29) is 5.78 Å². The molecule has 0 N–H and O–H groups in total. The fraction of sp³-hybridized carbons (Fsp3) is 0.286. The average Bonchev–Trinajstić information content (AvgIpc) is 2.91. The molecule has 0 amide bonds. The molecular weight excluding hydrogens is 260 g/mol. The first kappa shape index (κ1) is 13.7. The molecule has 1 heterocycles. The third-order valence-corrected chi connectivity index (χ3v) is 3.36. The van der Waals surface area contributed by atoms with Crippen LogP contribution in [0.5, 0.6) is 5.75 Å². The Morgan fingerprint density at radius 3 is 3.00 bits per heavy atom. The summed E-state index contributed by atoms with van der Waals surface area (Å²) in [7, 11) is 3.51. The molecule has 1 aromatic heterocycles. The van der Waals surface area contributed by atoms with E-state index in [0.29, 0.717) is 24.4 Å². The Morgan fingerprint density at radius 1 is 1.47 bits per heavy atom. The Labute approximate surface area is 116 Å². The van der Waals surface area contributed by atoms with Crippen LogP contribution in [0, 0.1) is 0 Å². The quantitative estimate of drug-likeness (QED) is 0.760. The van der Waals surface area contributed by atoms with Crippen molar-refractivity contribution in [3.63, 3.8) is 0 Å². The van der Waals surface area contributed by atoms with E-state index in [1.807, 2.05) is 35.5 Å². The average molecular weight is 276 g/mol. The van der Waals surface area contributed by atoms with Crippen molar-refractivity contribution in [3.8, 4) is 5.75 Å². The van der Waals surface area contributed by atoms with Crippen LogP contribution in [0.25, 0.3) is 0 Å². The fourth-order valence-corrected chi connectivity index (χ4v) is 2.33. The van der Waals surface area contributed by atoms with Crippen LogP contribution in [0.2, 0.25) is 0 Å².